The summed E-state index contributed by atoms with van der Waals surface area (Å²) in [5.41, 5.74) is 3.46. The molecule has 1 aliphatic heterocycles. The van der Waals surface area contributed by atoms with E-state index in [1.807, 2.05) is 18.2 Å². The van der Waals surface area contributed by atoms with Crippen LogP contribution in [0.2, 0.25) is 0 Å². The maximum absolute atomic E-state index is 13.0. The van der Waals surface area contributed by atoms with E-state index in [0.717, 1.165) is 43.0 Å². The number of methoxy groups -OCH3 is 1. The van der Waals surface area contributed by atoms with Crippen molar-refractivity contribution in [3.8, 4) is 5.75 Å². The van der Waals surface area contributed by atoms with Crippen molar-refractivity contribution in [2.45, 2.75) is 31.2 Å². The van der Waals surface area contributed by atoms with Crippen LogP contribution in [0.4, 0.5) is 0 Å². The van der Waals surface area contributed by atoms with Crippen LogP contribution in [0.15, 0.2) is 54.7 Å². The van der Waals surface area contributed by atoms with Crippen LogP contribution in [0.3, 0.4) is 0 Å². The smallest absolute Gasteiger partial charge is 0.234 e. The second-order valence-corrected chi connectivity index (χ2v) is 9.31. The molecule has 0 radical (unpaired) electrons. The van der Waals surface area contributed by atoms with Crippen molar-refractivity contribution in [3.05, 3.63) is 65.9 Å². The molecule has 3 aromatic rings. The molecule has 2 atom stereocenters. The first-order valence-electron chi connectivity index (χ1n) is 12.0. The Morgan fingerprint density at radius 2 is 2.00 bits per heavy atom. The van der Waals surface area contributed by atoms with E-state index in [1.165, 1.54) is 23.8 Å². The summed E-state index contributed by atoms with van der Waals surface area (Å²) in [7, 11) is 1.68. The zero-order valence-corrected chi connectivity index (χ0v) is 19.3. The lowest BCUT2D eigenvalue weighted by Crippen LogP contribution is -2.42. The molecule has 2 heterocycles. The Balaban J connectivity index is 1.30. The number of amides is 1. The number of aromatic amines is 1. The highest BCUT2D eigenvalue weighted by atomic mass is 16.5. The van der Waals surface area contributed by atoms with Crippen molar-refractivity contribution in [2.75, 3.05) is 40.0 Å². The van der Waals surface area contributed by atoms with Crippen molar-refractivity contribution < 1.29 is 14.3 Å². The van der Waals surface area contributed by atoms with Gasteiger partial charge < -0.3 is 19.8 Å². The van der Waals surface area contributed by atoms with Crippen LogP contribution in [-0.4, -0.2) is 61.8 Å². The van der Waals surface area contributed by atoms with E-state index in [1.54, 1.807) is 7.11 Å². The average molecular weight is 448 g/mol. The predicted molar refractivity (Wildman–Crippen MR) is 130 cm³/mol. The van der Waals surface area contributed by atoms with Crippen LogP contribution in [0.5, 0.6) is 5.75 Å². The molecule has 1 aliphatic carbocycles. The number of rotatable bonds is 10. The van der Waals surface area contributed by atoms with E-state index in [2.05, 4.69) is 51.7 Å². The molecule has 1 saturated heterocycles. The molecule has 6 heteroatoms. The topological polar surface area (TPSA) is 66.6 Å². The van der Waals surface area contributed by atoms with E-state index in [4.69, 9.17) is 9.47 Å². The molecular formula is C27H33N3O3. The Labute approximate surface area is 195 Å². The van der Waals surface area contributed by atoms with Crippen LogP contribution >= 0.6 is 0 Å². The minimum absolute atomic E-state index is 0.0496. The van der Waals surface area contributed by atoms with Gasteiger partial charge in [-0.05, 0) is 54.5 Å². The van der Waals surface area contributed by atoms with Gasteiger partial charge in [-0.1, -0.05) is 30.3 Å². The van der Waals surface area contributed by atoms with Crippen LogP contribution in [-0.2, 0) is 9.53 Å². The number of hydrogen-bond acceptors (Lipinski definition) is 4. The summed E-state index contributed by atoms with van der Waals surface area (Å²) >= 11 is 0. The Morgan fingerprint density at radius 1 is 1.18 bits per heavy atom. The highest BCUT2D eigenvalue weighted by Gasteiger charge is 2.33. The molecule has 33 heavy (non-hydrogen) atoms. The van der Waals surface area contributed by atoms with Gasteiger partial charge in [-0.25, -0.2) is 0 Å². The molecule has 174 valence electrons. The maximum atomic E-state index is 13.0. The Bertz CT molecular complexity index is 1070. The number of carbonyl (C=O) groups is 1. The van der Waals surface area contributed by atoms with Gasteiger partial charge in [0.2, 0.25) is 5.91 Å². The molecule has 5 rings (SSSR count). The molecular weight excluding hydrogens is 414 g/mol. The predicted octanol–water partition coefficient (Wildman–Crippen LogP) is 3.93. The number of nitrogens with one attached hydrogen (secondary N) is 2. The van der Waals surface area contributed by atoms with Crippen LogP contribution in [0.1, 0.15) is 36.3 Å². The van der Waals surface area contributed by atoms with Gasteiger partial charge in [0.1, 0.15) is 5.75 Å². The Kier molecular flexibility index (Phi) is 6.65. The minimum Gasteiger partial charge on any atom is -0.497 e. The lowest BCUT2D eigenvalue weighted by molar-refractivity contribution is -0.122. The number of aromatic nitrogens is 1. The number of H-pyrrole nitrogens is 1. The summed E-state index contributed by atoms with van der Waals surface area (Å²) in [6.07, 6.45) is 5.57. The lowest BCUT2D eigenvalue weighted by Gasteiger charge is -2.25. The molecule has 6 nitrogen and oxygen atoms in total. The van der Waals surface area contributed by atoms with Gasteiger partial charge in [-0.2, -0.15) is 0 Å². The van der Waals surface area contributed by atoms with Crippen LogP contribution in [0.25, 0.3) is 10.9 Å². The number of benzene rings is 2. The standard InChI is InChI=1S/C27H33N3O3/c1-32-22-10-6-20(7-11-22)24(25-15-28-26-5-3-2-4-23(25)26)14-29-27(31)17-30(21-8-9-21)16-19-12-13-33-18-19/h2-7,10-11,15,19,21,24,28H,8-9,12-14,16-18H2,1H3,(H,29,31)/t19-,24-/m1/s1. The molecule has 2 N–H and O–H groups in total. The Morgan fingerprint density at radius 3 is 2.73 bits per heavy atom. The highest BCUT2D eigenvalue weighted by molar-refractivity contribution is 5.84. The fourth-order valence-electron chi connectivity index (χ4n) is 4.92. The summed E-state index contributed by atoms with van der Waals surface area (Å²) < 4.78 is 10.9. The third kappa shape index (κ3) is 5.23. The van der Waals surface area contributed by atoms with E-state index < -0.39 is 0 Å². The second kappa shape index (κ2) is 9.98. The van der Waals surface area contributed by atoms with Crippen LogP contribution in [0, 0.1) is 5.92 Å². The largest absolute Gasteiger partial charge is 0.497 e. The molecule has 0 spiro atoms. The minimum atomic E-state index is 0.0496. The monoisotopic (exact) mass is 447 g/mol. The van der Waals surface area contributed by atoms with Gasteiger partial charge >= 0.3 is 0 Å². The van der Waals surface area contributed by atoms with E-state index in [9.17, 15) is 4.79 Å². The molecule has 1 saturated carbocycles. The van der Waals surface area contributed by atoms with Gasteiger partial charge in [-0.3, -0.25) is 9.69 Å². The molecule has 1 amide bonds. The van der Waals surface area contributed by atoms with E-state index in [0.29, 0.717) is 25.0 Å². The van der Waals surface area contributed by atoms with Crippen molar-refractivity contribution in [1.82, 2.24) is 15.2 Å². The summed E-state index contributed by atoms with van der Waals surface area (Å²) in [5, 5.41) is 4.43. The summed E-state index contributed by atoms with van der Waals surface area (Å²) in [4.78, 5) is 18.8. The van der Waals surface area contributed by atoms with Crippen molar-refractivity contribution in [3.63, 3.8) is 0 Å². The van der Waals surface area contributed by atoms with Crippen molar-refractivity contribution in [2.24, 2.45) is 5.92 Å². The van der Waals surface area contributed by atoms with Gasteiger partial charge in [0.15, 0.2) is 0 Å². The molecule has 0 bridgehead atoms. The summed E-state index contributed by atoms with van der Waals surface area (Å²) in [6.45, 7) is 3.65. The zero-order chi connectivity index (χ0) is 22.6. The quantitative estimate of drug-likeness (QED) is 0.494. The van der Waals surface area contributed by atoms with Gasteiger partial charge in [-0.15, -0.1) is 0 Å². The third-order valence-electron chi connectivity index (χ3n) is 6.94. The first kappa shape index (κ1) is 22.0. The number of ether oxygens (including phenoxy) is 2. The molecule has 1 aromatic heterocycles. The molecule has 2 fully saturated rings. The number of hydrogen-bond donors (Lipinski definition) is 2. The second-order valence-electron chi connectivity index (χ2n) is 9.31. The van der Waals surface area contributed by atoms with Crippen molar-refractivity contribution in [1.29, 1.82) is 0 Å². The van der Waals surface area contributed by atoms with Gasteiger partial charge in [0.05, 0.1) is 20.3 Å². The number of nitrogens with zero attached hydrogens (tertiary/aromatic N) is 1. The third-order valence-corrected chi connectivity index (χ3v) is 6.94. The van der Waals surface area contributed by atoms with Crippen molar-refractivity contribution >= 4 is 16.8 Å². The maximum Gasteiger partial charge on any atom is 0.234 e. The SMILES string of the molecule is COc1ccc([C@@H](CNC(=O)CN(C[C@H]2CCOC2)C2CC2)c2c[nH]c3ccccc23)cc1. The first-order valence-corrected chi connectivity index (χ1v) is 12.0. The first-order chi connectivity index (χ1) is 16.2. The lowest BCUT2D eigenvalue weighted by atomic mass is 9.90. The fourth-order valence-corrected chi connectivity index (χ4v) is 4.92. The summed E-state index contributed by atoms with van der Waals surface area (Å²) in [5.74, 6) is 1.53. The normalized spacial score (nSPS) is 19.2. The molecule has 2 aliphatic rings. The van der Waals surface area contributed by atoms with Crippen LogP contribution < -0.4 is 10.1 Å². The zero-order valence-electron chi connectivity index (χ0n) is 19.3. The Hall–Kier alpha value is -2.83. The van der Waals surface area contributed by atoms with Gasteiger partial charge in [0, 0.05) is 48.8 Å². The highest BCUT2D eigenvalue weighted by Crippen LogP contribution is 2.32. The van der Waals surface area contributed by atoms with Gasteiger partial charge in [0.25, 0.3) is 0 Å². The summed E-state index contributed by atoms with van der Waals surface area (Å²) in [6, 6.07) is 17.0. The average Bonchev–Trinajstić information content (AvgIpc) is 3.41. The van der Waals surface area contributed by atoms with E-state index >= 15 is 0 Å². The number of carbonyl (C=O) groups excluding carboxylic acids is 1. The fraction of sp³-hybridized carbons (Fsp3) is 0.444. The van der Waals surface area contributed by atoms with E-state index in [-0.39, 0.29) is 11.8 Å². The number of fused-ring (bicyclic) bond motifs is 1. The number of para-hydroxylation sites is 1. The molecule has 0 unspecified atom stereocenters. The molecule has 2 aromatic carbocycles.